The Hall–Kier alpha value is -2.81. The van der Waals surface area contributed by atoms with Crippen LogP contribution in [0, 0.1) is 17.8 Å². The van der Waals surface area contributed by atoms with Crippen LogP contribution >= 0.6 is 0 Å². The highest BCUT2D eigenvalue weighted by Gasteiger charge is 2.50. The van der Waals surface area contributed by atoms with Crippen LogP contribution in [-0.4, -0.2) is 43.0 Å². The fourth-order valence-corrected chi connectivity index (χ4v) is 3.94. The molecule has 5 nitrogen and oxygen atoms in total. The third kappa shape index (κ3) is 3.37. The maximum atomic E-state index is 11.5. The zero-order valence-corrected chi connectivity index (χ0v) is 16.1. The summed E-state index contributed by atoms with van der Waals surface area (Å²) in [6.45, 7) is 2.40. The van der Waals surface area contributed by atoms with Crippen LogP contribution < -0.4 is 0 Å². The van der Waals surface area contributed by atoms with Crippen molar-refractivity contribution in [2.24, 2.45) is 5.92 Å². The Morgan fingerprint density at radius 3 is 2.93 bits per heavy atom. The van der Waals surface area contributed by atoms with Crippen LogP contribution in [0.3, 0.4) is 0 Å². The molecule has 0 saturated carbocycles. The Morgan fingerprint density at radius 1 is 1.36 bits per heavy atom. The molecule has 3 atom stereocenters. The molecule has 2 heterocycles. The van der Waals surface area contributed by atoms with Gasteiger partial charge in [-0.3, -0.25) is 4.79 Å². The number of methoxy groups -OCH3 is 1. The number of ether oxygens (including phenoxy) is 3. The Kier molecular flexibility index (Phi) is 5.08. The summed E-state index contributed by atoms with van der Waals surface area (Å²) in [4.78, 5) is 13.5. The number of ketones is 1. The van der Waals surface area contributed by atoms with Crippen LogP contribution in [0.15, 0.2) is 66.1 Å². The van der Waals surface area contributed by atoms with E-state index in [1.165, 1.54) is 6.92 Å². The van der Waals surface area contributed by atoms with E-state index in [0.717, 1.165) is 16.9 Å². The summed E-state index contributed by atoms with van der Waals surface area (Å²) >= 11 is 0. The minimum atomic E-state index is -0.903. The highest BCUT2D eigenvalue weighted by Crippen LogP contribution is 2.45. The molecule has 2 aliphatic heterocycles. The van der Waals surface area contributed by atoms with Crippen LogP contribution in [0.4, 0.5) is 0 Å². The molecular formula is C23H23NO4. The second-order valence-corrected chi connectivity index (χ2v) is 7.05. The fourth-order valence-electron chi connectivity index (χ4n) is 3.94. The molecular weight excluding hydrogens is 354 g/mol. The van der Waals surface area contributed by atoms with Crippen molar-refractivity contribution in [1.29, 1.82) is 0 Å². The molecule has 0 N–H and O–H groups in total. The molecule has 0 radical (unpaired) electrons. The first kappa shape index (κ1) is 18.5. The van der Waals surface area contributed by atoms with Gasteiger partial charge in [-0.05, 0) is 49.1 Å². The van der Waals surface area contributed by atoms with E-state index in [2.05, 4.69) is 24.0 Å². The number of benzene rings is 1. The maximum Gasteiger partial charge on any atom is 0.211 e. The van der Waals surface area contributed by atoms with Gasteiger partial charge in [0.2, 0.25) is 5.72 Å². The quantitative estimate of drug-likeness (QED) is 0.599. The minimum absolute atomic E-state index is 0.0193. The second kappa shape index (κ2) is 7.67. The molecule has 5 heteroatoms. The number of hydrogen-bond acceptors (Lipinski definition) is 5. The number of fused-ring (bicyclic) bond motifs is 2. The van der Waals surface area contributed by atoms with E-state index in [1.54, 1.807) is 19.4 Å². The summed E-state index contributed by atoms with van der Waals surface area (Å²) < 4.78 is 17.4. The van der Waals surface area contributed by atoms with Crippen molar-refractivity contribution < 1.29 is 19.0 Å². The normalized spacial score (nSPS) is 28.4. The van der Waals surface area contributed by atoms with Crippen molar-refractivity contribution >= 4 is 5.78 Å². The summed E-state index contributed by atoms with van der Waals surface area (Å²) in [6, 6.07) is 9.83. The van der Waals surface area contributed by atoms with E-state index in [4.69, 9.17) is 14.2 Å². The van der Waals surface area contributed by atoms with E-state index in [1.807, 2.05) is 35.2 Å². The molecule has 3 aliphatic rings. The van der Waals surface area contributed by atoms with E-state index in [-0.39, 0.29) is 24.6 Å². The lowest BCUT2D eigenvalue weighted by Gasteiger charge is -2.48. The largest absolute Gasteiger partial charge is 0.469 e. The average molecular weight is 377 g/mol. The van der Waals surface area contributed by atoms with Gasteiger partial charge >= 0.3 is 0 Å². The first-order valence-electron chi connectivity index (χ1n) is 9.37. The second-order valence-electron chi connectivity index (χ2n) is 7.05. The van der Waals surface area contributed by atoms with Crippen molar-refractivity contribution in [3.8, 4) is 11.8 Å². The summed E-state index contributed by atoms with van der Waals surface area (Å²) in [5, 5.41) is 0. The molecule has 0 bridgehead atoms. The van der Waals surface area contributed by atoms with Crippen molar-refractivity contribution in [2.45, 2.75) is 25.2 Å². The summed E-state index contributed by atoms with van der Waals surface area (Å²) in [5.74, 6) is 7.46. The number of carbonyl (C=O) groups is 1. The predicted octanol–water partition coefficient (Wildman–Crippen LogP) is 3.00. The molecule has 1 saturated heterocycles. The molecule has 1 aliphatic carbocycles. The highest BCUT2D eigenvalue weighted by atomic mass is 16.7. The molecule has 28 heavy (non-hydrogen) atoms. The molecule has 1 fully saturated rings. The summed E-state index contributed by atoms with van der Waals surface area (Å²) in [7, 11) is 1.67. The van der Waals surface area contributed by atoms with Gasteiger partial charge in [-0.1, -0.05) is 30.2 Å². The van der Waals surface area contributed by atoms with Gasteiger partial charge in [0.25, 0.3) is 0 Å². The molecule has 144 valence electrons. The van der Waals surface area contributed by atoms with Gasteiger partial charge in [0.05, 0.1) is 0 Å². The molecule has 1 aromatic carbocycles. The van der Waals surface area contributed by atoms with Crippen LogP contribution in [0.2, 0.25) is 0 Å². The number of rotatable bonds is 3. The van der Waals surface area contributed by atoms with Gasteiger partial charge in [0.15, 0.2) is 12.6 Å². The zero-order valence-electron chi connectivity index (χ0n) is 16.1. The maximum absolute atomic E-state index is 11.5. The average Bonchev–Trinajstić information content (AvgIpc) is 3.17. The summed E-state index contributed by atoms with van der Waals surface area (Å²) in [5.41, 5.74) is 1.14. The van der Waals surface area contributed by atoms with E-state index >= 15 is 0 Å². The lowest BCUT2D eigenvalue weighted by molar-refractivity contribution is -0.114. The molecule has 4 rings (SSSR count). The molecule has 3 unspecified atom stereocenters. The van der Waals surface area contributed by atoms with Gasteiger partial charge < -0.3 is 19.1 Å². The third-order valence-corrected chi connectivity index (χ3v) is 5.36. The molecule has 0 spiro atoms. The SMILES string of the molecule is COC1(C#Cc2ccccc2)C2CC3OCOC3=CC2=CCN1C=CC(C)=O. The van der Waals surface area contributed by atoms with Gasteiger partial charge in [-0.15, -0.1) is 0 Å². The zero-order chi connectivity index (χ0) is 19.6. The van der Waals surface area contributed by atoms with E-state index in [9.17, 15) is 4.79 Å². The van der Waals surface area contributed by atoms with Gasteiger partial charge in [0, 0.05) is 31.3 Å². The monoisotopic (exact) mass is 377 g/mol. The topological polar surface area (TPSA) is 48.0 Å². The van der Waals surface area contributed by atoms with Crippen LogP contribution in [0.5, 0.6) is 0 Å². The van der Waals surface area contributed by atoms with Crippen molar-refractivity contribution in [2.75, 3.05) is 20.4 Å². The van der Waals surface area contributed by atoms with Gasteiger partial charge in [-0.2, -0.15) is 0 Å². The van der Waals surface area contributed by atoms with Crippen molar-refractivity contribution in [1.82, 2.24) is 4.90 Å². The molecule has 0 amide bonds. The Bertz CT molecular complexity index is 906. The Morgan fingerprint density at radius 2 is 2.18 bits per heavy atom. The van der Waals surface area contributed by atoms with Crippen LogP contribution in [-0.2, 0) is 19.0 Å². The lowest BCUT2D eigenvalue weighted by atomic mass is 9.76. The predicted molar refractivity (Wildman–Crippen MR) is 105 cm³/mol. The van der Waals surface area contributed by atoms with E-state index in [0.29, 0.717) is 13.0 Å². The Labute approximate surface area is 165 Å². The minimum Gasteiger partial charge on any atom is -0.469 e. The number of nitrogens with zero attached hydrogens (tertiary/aromatic N) is 1. The van der Waals surface area contributed by atoms with Gasteiger partial charge in [0.1, 0.15) is 11.9 Å². The third-order valence-electron chi connectivity index (χ3n) is 5.36. The van der Waals surface area contributed by atoms with Crippen LogP contribution in [0.25, 0.3) is 0 Å². The standard InChI is InChI=1S/C23H23NO4/c1-17(25)9-12-24-13-10-19-14-21-22(28-16-27-21)15-20(19)23(24,26-2)11-8-18-6-4-3-5-7-18/h3-7,9-10,12,14,20,22H,13,15-16H2,1-2H3. The van der Waals surface area contributed by atoms with Crippen LogP contribution in [0.1, 0.15) is 18.9 Å². The highest BCUT2D eigenvalue weighted by molar-refractivity contribution is 5.87. The summed E-state index contributed by atoms with van der Waals surface area (Å²) in [6.07, 6.45) is 8.14. The fraction of sp³-hybridized carbons (Fsp3) is 0.348. The molecule has 0 aromatic heterocycles. The molecule has 1 aromatic rings. The smallest absolute Gasteiger partial charge is 0.211 e. The number of hydrogen-bond donors (Lipinski definition) is 0. The number of allylic oxidation sites excluding steroid dienone is 2. The Balaban J connectivity index is 1.78. The first-order chi connectivity index (χ1) is 13.6. The first-order valence-corrected chi connectivity index (χ1v) is 9.37. The lowest BCUT2D eigenvalue weighted by Crippen LogP contribution is -2.56. The number of carbonyl (C=O) groups excluding carboxylic acids is 1. The van der Waals surface area contributed by atoms with Crippen molar-refractivity contribution in [3.63, 3.8) is 0 Å². The van der Waals surface area contributed by atoms with Gasteiger partial charge in [-0.25, -0.2) is 0 Å². The van der Waals surface area contributed by atoms with Crippen molar-refractivity contribution in [3.05, 3.63) is 71.7 Å². The van der Waals surface area contributed by atoms with E-state index < -0.39 is 5.72 Å².